The van der Waals surface area contributed by atoms with Crippen LogP contribution < -0.4 is 11.1 Å². The summed E-state index contributed by atoms with van der Waals surface area (Å²) in [5, 5.41) is 3.23. The molecule has 5 nitrogen and oxygen atoms in total. The maximum atomic E-state index is 11.6. The Morgan fingerprint density at radius 1 is 1.47 bits per heavy atom. The largest absolute Gasteiger partial charge is 0.465 e. The lowest BCUT2D eigenvalue weighted by Crippen LogP contribution is -2.20. The monoisotopic (exact) mass is 266 g/mol. The van der Waals surface area contributed by atoms with Gasteiger partial charge in [0.2, 0.25) is 0 Å². The molecule has 106 valence electrons. The molecule has 1 aromatic rings. The van der Waals surface area contributed by atoms with Crippen LogP contribution in [0.15, 0.2) is 12.1 Å². The number of benzene rings is 1. The molecular weight excluding hydrogens is 244 g/mol. The third-order valence-electron chi connectivity index (χ3n) is 2.84. The van der Waals surface area contributed by atoms with Crippen molar-refractivity contribution in [3.05, 3.63) is 23.3 Å². The van der Waals surface area contributed by atoms with Gasteiger partial charge in [-0.2, -0.15) is 0 Å². The van der Waals surface area contributed by atoms with Gasteiger partial charge < -0.3 is 20.5 Å². The van der Waals surface area contributed by atoms with Crippen LogP contribution >= 0.6 is 0 Å². The Labute approximate surface area is 114 Å². The number of ether oxygens (including phenoxy) is 2. The third-order valence-corrected chi connectivity index (χ3v) is 2.84. The lowest BCUT2D eigenvalue weighted by molar-refractivity contribution is 0.0602. The predicted molar refractivity (Wildman–Crippen MR) is 76.5 cm³/mol. The SMILES string of the molecule is CCOC(C)CNc1cc(C)c(N)c(C(=O)OC)c1. The number of rotatable bonds is 6. The van der Waals surface area contributed by atoms with E-state index in [4.69, 9.17) is 15.2 Å². The zero-order chi connectivity index (χ0) is 14.4. The first-order valence-electron chi connectivity index (χ1n) is 6.33. The van der Waals surface area contributed by atoms with E-state index in [0.29, 0.717) is 24.4 Å². The summed E-state index contributed by atoms with van der Waals surface area (Å²) in [6.07, 6.45) is 0.101. The van der Waals surface area contributed by atoms with Gasteiger partial charge in [0.05, 0.1) is 18.8 Å². The van der Waals surface area contributed by atoms with Crippen molar-refractivity contribution in [3.8, 4) is 0 Å². The Bertz CT molecular complexity index is 447. The molecule has 1 atom stereocenters. The number of carbonyl (C=O) groups excluding carboxylic acids is 1. The second-order valence-electron chi connectivity index (χ2n) is 4.39. The van der Waals surface area contributed by atoms with E-state index in [9.17, 15) is 4.79 Å². The highest BCUT2D eigenvalue weighted by atomic mass is 16.5. The number of carbonyl (C=O) groups is 1. The second-order valence-corrected chi connectivity index (χ2v) is 4.39. The summed E-state index contributed by atoms with van der Waals surface area (Å²) in [5.41, 5.74) is 8.39. The van der Waals surface area contributed by atoms with Crippen LogP contribution in [-0.2, 0) is 9.47 Å². The van der Waals surface area contributed by atoms with Crippen LogP contribution in [0.4, 0.5) is 11.4 Å². The van der Waals surface area contributed by atoms with E-state index < -0.39 is 5.97 Å². The van der Waals surface area contributed by atoms with E-state index in [2.05, 4.69) is 5.32 Å². The molecular formula is C14H22N2O3. The lowest BCUT2D eigenvalue weighted by atomic mass is 10.1. The van der Waals surface area contributed by atoms with E-state index in [1.165, 1.54) is 7.11 Å². The molecule has 1 aromatic carbocycles. The molecule has 0 aliphatic rings. The number of hydrogen-bond acceptors (Lipinski definition) is 5. The smallest absolute Gasteiger partial charge is 0.340 e. The van der Waals surface area contributed by atoms with E-state index in [1.807, 2.05) is 26.8 Å². The van der Waals surface area contributed by atoms with Crippen molar-refractivity contribution in [2.45, 2.75) is 26.9 Å². The van der Waals surface area contributed by atoms with Crippen molar-refractivity contribution in [2.24, 2.45) is 0 Å². The molecule has 1 unspecified atom stereocenters. The van der Waals surface area contributed by atoms with Gasteiger partial charge in [0.1, 0.15) is 0 Å². The highest BCUT2D eigenvalue weighted by molar-refractivity contribution is 5.97. The molecule has 0 radical (unpaired) electrons. The minimum absolute atomic E-state index is 0.101. The van der Waals surface area contributed by atoms with Gasteiger partial charge in [-0.1, -0.05) is 0 Å². The first-order valence-corrected chi connectivity index (χ1v) is 6.33. The fourth-order valence-electron chi connectivity index (χ4n) is 1.78. The number of nitrogens with one attached hydrogen (secondary N) is 1. The molecule has 0 aliphatic carbocycles. The van der Waals surface area contributed by atoms with Crippen LogP contribution in [-0.4, -0.2) is 32.3 Å². The standard InChI is InChI=1S/C14H22N2O3/c1-5-19-10(3)8-16-11-6-9(2)13(15)12(7-11)14(17)18-4/h6-7,10,16H,5,8,15H2,1-4H3. The van der Waals surface area contributed by atoms with Gasteiger partial charge in [-0.25, -0.2) is 4.79 Å². The van der Waals surface area contributed by atoms with Crippen LogP contribution in [0.3, 0.4) is 0 Å². The molecule has 0 amide bonds. The van der Waals surface area contributed by atoms with Gasteiger partial charge in [0.15, 0.2) is 0 Å². The van der Waals surface area contributed by atoms with Crippen LogP contribution in [0.1, 0.15) is 29.8 Å². The van der Waals surface area contributed by atoms with Gasteiger partial charge >= 0.3 is 5.97 Å². The quantitative estimate of drug-likeness (QED) is 0.610. The molecule has 0 spiro atoms. The Balaban J connectivity index is 2.85. The number of aryl methyl sites for hydroxylation is 1. The normalized spacial score (nSPS) is 12.0. The molecule has 0 saturated heterocycles. The number of hydrogen-bond donors (Lipinski definition) is 2. The topological polar surface area (TPSA) is 73.6 Å². The van der Waals surface area contributed by atoms with Gasteiger partial charge in [-0.05, 0) is 38.5 Å². The Morgan fingerprint density at radius 3 is 2.74 bits per heavy atom. The van der Waals surface area contributed by atoms with Crippen molar-refractivity contribution >= 4 is 17.3 Å². The van der Waals surface area contributed by atoms with Crippen LogP contribution in [0.5, 0.6) is 0 Å². The summed E-state index contributed by atoms with van der Waals surface area (Å²) < 4.78 is 10.2. The second kappa shape index (κ2) is 6.99. The summed E-state index contributed by atoms with van der Waals surface area (Å²) in [7, 11) is 1.34. The number of nitrogen functional groups attached to an aromatic ring is 1. The fraction of sp³-hybridized carbons (Fsp3) is 0.500. The first kappa shape index (κ1) is 15.3. The van der Waals surface area contributed by atoms with Crippen LogP contribution in [0, 0.1) is 6.92 Å². The van der Waals surface area contributed by atoms with Crippen molar-refractivity contribution in [1.29, 1.82) is 0 Å². The Kier molecular flexibility index (Phi) is 5.63. The zero-order valence-electron chi connectivity index (χ0n) is 11.9. The van der Waals surface area contributed by atoms with Crippen molar-refractivity contribution < 1.29 is 14.3 Å². The number of nitrogens with two attached hydrogens (primary N) is 1. The average molecular weight is 266 g/mol. The molecule has 1 rings (SSSR count). The molecule has 19 heavy (non-hydrogen) atoms. The minimum Gasteiger partial charge on any atom is -0.465 e. The van der Waals surface area contributed by atoms with E-state index >= 15 is 0 Å². The number of methoxy groups -OCH3 is 1. The third kappa shape index (κ3) is 4.13. The summed E-state index contributed by atoms with van der Waals surface area (Å²) in [6, 6.07) is 3.60. The Hall–Kier alpha value is -1.75. The van der Waals surface area contributed by atoms with E-state index in [-0.39, 0.29) is 6.10 Å². The van der Waals surface area contributed by atoms with Crippen LogP contribution in [0.25, 0.3) is 0 Å². The van der Waals surface area contributed by atoms with Crippen molar-refractivity contribution in [1.82, 2.24) is 0 Å². The maximum absolute atomic E-state index is 11.6. The molecule has 0 aromatic heterocycles. The first-order chi connectivity index (χ1) is 8.99. The summed E-state index contributed by atoms with van der Waals surface area (Å²) in [4.78, 5) is 11.6. The van der Waals surface area contributed by atoms with E-state index in [0.717, 1.165) is 11.3 Å². The van der Waals surface area contributed by atoms with Gasteiger partial charge in [-0.15, -0.1) is 0 Å². The summed E-state index contributed by atoms with van der Waals surface area (Å²) in [6.45, 7) is 7.15. The lowest BCUT2D eigenvalue weighted by Gasteiger charge is -2.15. The highest BCUT2D eigenvalue weighted by Crippen LogP contribution is 2.23. The van der Waals surface area contributed by atoms with E-state index in [1.54, 1.807) is 6.07 Å². The maximum Gasteiger partial charge on any atom is 0.340 e. The van der Waals surface area contributed by atoms with Gasteiger partial charge in [0, 0.05) is 24.5 Å². The fourth-order valence-corrected chi connectivity index (χ4v) is 1.78. The molecule has 0 fully saturated rings. The predicted octanol–water partition coefficient (Wildman–Crippen LogP) is 2.20. The summed E-state index contributed by atoms with van der Waals surface area (Å²) in [5.74, 6) is -0.429. The average Bonchev–Trinajstić information content (AvgIpc) is 2.39. The van der Waals surface area contributed by atoms with Crippen molar-refractivity contribution in [2.75, 3.05) is 31.3 Å². The van der Waals surface area contributed by atoms with Crippen molar-refractivity contribution in [3.63, 3.8) is 0 Å². The molecule has 3 N–H and O–H groups in total. The highest BCUT2D eigenvalue weighted by Gasteiger charge is 2.13. The number of anilines is 2. The van der Waals surface area contributed by atoms with Gasteiger partial charge in [0.25, 0.3) is 0 Å². The van der Waals surface area contributed by atoms with Gasteiger partial charge in [-0.3, -0.25) is 0 Å². The molecule has 5 heteroatoms. The Morgan fingerprint density at radius 2 is 2.16 bits per heavy atom. The molecule has 0 bridgehead atoms. The summed E-state index contributed by atoms with van der Waals surface area (Å²) >= 11 is 0. The molecule has 0 saturated carbocycles. The number of esters is 1. The van der Waals surface area contributed by atoms with Crippen LogP contribution in [0.2, 0.25) is 0 Å². The zero-order valence-corrected chi connectivity index (χ0v) is 11.9. The molecule has 0 aliphatic heterocycles. The molecule has 0 heterocycles. The minimum atomic E-state index is -0.429.